The van der Waals surface area contributed by atoms with Crippen molar-refractivity contribution in [2.24, 2.45) is 11.8 Å². The summed E-state index contributed by atoms with van der Waals surface area (Å²) in [6.45, 7) is 11.9. The topological polar surface area (TPSA) is 169 Å². The van der Waals surface area contributed by atoms with E-state index in [2.05, 4.69) is 31.5 Å². The van der Waals surface area contributed by atoms with Crippen molar-refractivity contribution in [3.8, 4) is 0 Å². The van der Waals surface area contributed by atoms with Gasteiger partial charge in [0.25, 0.3) is 5.56 Å². The SMILES string of the molecule is CC(C)[C@H](NC(=O)OC(C)(C)C)C(=O)N[C@H](C(=O)[C@]1(n2cc(/C=C/Br)c(=O)[nH]c2=O)C[C@H](O)[C@@H](CCl)O1)C(C)C. The molecule has 0 radical (unpaired) electrons. The standard InChI is InChI=1S/C26H38BrClN4O8/c1-13(2)18(29-22(36)19(14(3)4)30-24(38)40-25(5,6)7)20(34)26(10-16(33)17(11-28)39-26)32-12-15(8-9-27)21(35)31-23(32)37/h8-9,12-14,16-19,33H,10-11H2,1-7H3,(H,29,36)(H,30,38)(H,31,35,37)/b9-8+/t16-,17+,18-,19-,26-/m0/s1. The molecular formula is C26H38BrClN4O8. The number of carbonyl (C=O) groups excluding carboxylic acids is 3. The first-order valence-electron chi connectivity index (χ1n) is 12.9. The summed E-state index contributed by atoms with van der Waals surface area (Å²) < 4.78 is 12.2. The number of amides is 2. The largest absolute Gasteiger partial charge is 0.444 e. The summed E-state index contributed by atoms with van der Waals surface area (Å²) in [5, 5.41) is 15.9. The smallest absolute Gasteiger partial charge is 0.408 e. The molecule has 2 amide bonds. The van der Waals surface area contributed by atoms with Crippen molar-refractivity contribution in [2.75, 3.05) is 5.88 Å². The highest BCUT2D eigenvalue weighted by atomic mass is 79.9. The van der Waals surface area contributed by atoms with Gasteiger partial charge in [0.1, 0.15) is 17.7 Å². The Kier molecular flexibility index (Phi) is 11.3. The number of aliphatic hydroxyl groups is 1. The molecule has 40 heavy (non-hydrogen) atoms. The number of nitrogens with one attached hydrogen (secondary N) is 3. The van der Waals surface area contributed by atoms with Gasteiger partial charge in [-0.25, -0.2) is 9.59 Å². The van der Waals surface area contributed by atoms with Gasteiger partial charge in [0, 0.05) is 12.6 Å². The Labute approximate surface area is 246 Å². The van der Waals surface area contributed by atoms with Gasteiger partial charge in [-0.2, -0.15) is 0 Å². The van der Waals surface area contributed by atoms with E-state index in [1.165, 1.54) is 11.1 Å². The van der Waals surface area contributed by atoms with E-state index in [1.54, 1.807) is 48.5 Å². The predicted molar refractivity (Wildman–Crippen MR) is 153 cm³/mol. The molecule has 1 aromatic rings. The van der Waals surface area contributed by atoms with Gasteiger partial charge in [-0.15, -0.1) is 11.6 Å². The third-order valence-corrected chi connectivity index (χ3v) is 6.84. The molecule has 0 unspecified atom stereocenters. The highest BCUT2D eigenvalue weighted by molar-refractivity contribution is 9.11. The molecule has 0 saturated carbocycles. The average molecular weight is 650 g/mol. The highest BCUT2D eigenvalue weighted by Gasteiger charge is 2.55. The maximum atomic E-state index is 14.3. The molecule has 14 heteroatoms. The summed E-state index contributed by atoms with van der Waals surface area (Å²) in [7, 11) is 0. The Balaban J connectivity index is 2.56. The molecule has 224 valence electrons. The number of nitrogens with zero attached hydrogens (tertiary/aromatic N) is 1. The minimum atomic E-state index is -2.11. The van der Waals surface area contributed by atoms with Crippen LogP contribution in [0.2, 0.25) is 0 Å². The van der Waals surface area contributed by atoms with Crippen molar-refractivity contribution in [3.63, 3.8) is 0 Å². The number of aromatic nitrogens is 2. The number of Topliss-reactive ketones (excluding diaryl/α,β-unsaturated/α-hetero) is 1. The second kappa shape index (κ2) is 13.5. The normalized spacial score (nSPS) is 22.9. The van der Waals surface area contributed by atoms with Crippen molar-refractivity contribution < 1.29 is 29.0 Å². The first-order chi connectivity index (χ1) is 18.5. The van der Waals surface area contributed by atoms with Crippen molar-refractivity contribution in [1.82, 2.24) is 20.2 Å². The fraction of sp³-hybridized carbons (Fsp3) is 0.654. The van der Waals surface area contributed by atoms with Crippen LogP contribution < -0.4 is 21.9 Å². The summed E-state index contributed by atoms with van der Waals surface area (Å²) >= 11 is 9.07. The van der Waals surface area contributed by atoms with Crippen molar-refractivity contribution in [2.45, 2.75) is 90.5 Å². The Hall–Kier alpha value is -2.48. The highest BCUT2D eigenvalue weighted by Crippen LogP contribution is 2.37. The molecule has 4 N–H and O–H groups in total. The van der Waals surface area contributed by atoms with E-state index in [1.807, 2.05) is 0 Å². The zero-order valence-electron chi connectivity index (χ0n) is 23.6. The molecule has 2 rings (SSSR count). The zero-order chi connectivity index (χ0) is 30.6. The molecule has 1 fully saturated rings. The molecule has 0 aromatic carbocycles. The number of H-pyrrole nitrogens is 1. The average Bonchev–Trinajstić information content (AvgIpc) is 3.17. The first-order valence-corrected chi connectivity index (χ1v) is 14.3. The number of alkyl carbamates (subject to hydrolysis) is 1. The number of ketones is 1. The number of aliphatic hydroxyl groups excluding tert-OH is 1. The fourth-order valence-corrected chi connectivity index (χ4v) is 4.84. The number of ether oxygens (including phenoxy) is 2. The number of carbonyl (C=O) groups is 3. The van der Waals surface area contributed by atoms with Crippen LogP contribution in [0.3, 0.4) is 0 Å². The van der Waals surface area contributed by atoms with Crippen LogP contribution in [0, 0.1) is 11.8 Å². The summed E-state index contributed by atoms with van der Waals surface area (Å²) in [6.07, 6.45) is -0.883. The zero-order valence-corrected chi connectivity index (χ0v) is 26.0. The van der Waals surface area contributed by atoms with Gasteiger partial charge < -0.3 is 25.2 Å². The minimum Gasteiger partial charge on any atom is -0.444 e. The van der Waals surface area contributed by atoms with Crippen LogP contribution >= 0.6 is 27.5 Å². The Morgan fingerprint density at radius 1 is 1.23 bits per heavy atom. The molecular weight excluding hydrogens is 612 g/mol. The molecule has 1 saturated heterocycles. The van der Waals surface area contributed by atoms with Crippen molar-refractivity contribution in [3.05, 3.63) is 37.6 Å². The van der Waals surface area contributed by atoms with Gasteiger partial charge in [0.05, 0.1) is 23.6 Å². The van der Waals surface area contributed by atoms with E-state index in [-0.39, 0.29) is 23.8 Å². The van der Waals surface area contributed by atoms with E-state index in [0.29, 0.717) is 0 Å². The van der Waals surface area contributed by atoms with E-state index >= 15 is 0 Å². The van der Waals surface area contributed by atoms with E-state index in [9.17, 15) is 29.1 Å². The summed E-state index contributed by atoms with van der Waals surface area (Å²) in [5.74, 6) is -2.48. The van der Waals surface area contributed by atoms with Gasteiger partial charge in [-0.3, -0.25) is 23.9 Å². The van der Waals surface area contributed by atoms with Gasteiger partial charge in [-0.1, -0.05) is 43.6 Å². The second-order valence-corrected chi connectivity index (χ2v) is 12.2. The molecule has 2 heterocycles. The lowest BCUT2D eigenvalue weighted by Crippen LogP contribution is -2.61. The van der Waals surface area contributed by atoms with E-state index in [0.717, 1.165) is 10.8 Å². The Morgan fingerprint density at radius 3 is 2.30 bits per heavy atom. The van der Waals surface area contributed by atoms with E-state index < -0.39 is 70.6 Å². The van der Waals surface area contributed by atoms with Crippen LogP contribution in [0.1, 0.15) is 60.5 Å². The number of hydrogen-bond donors (Lipinski definition) is 4. The lowest BCUT2D eigenvalue weighted by atomic mass is 9.89. The van der Waals surface area contributed by atoms with Gasteiger partial charge in [0.15, 0.2) is 0 Å². The van der Waals surface area contributed by atoms with Crippen molar-refractivity contribution >= 4 is 51.4 Å². The van der Waals surface area contributed by atoms with Crippen molar-refractivity contribution in [1.29, 1.82) is 0 Å². The number of aromatic amines is 1. The lowest BCUT2D eigenvalue weighted by Gasteiger charge is -2.35. The van der Waals surface area contributed by atoms with Gasteiger partial charge in [0.2, 0.25) is 17.4 Å². The fourth-order valence-electron chi connectivity index (χ4n) is 4.29. The van der Waals surface area contributed by atoms with Gasteiger partial charge >= 0.3 is 11.8 Å². The molecule has 5 atom stereocenters. The molecule has 1 aliphatic heterocycles. The van der Waals surface area contributed by atoms with Crippen LogP contribution in [0.4, 0.5) is 4.79 Å². The summed E-state index contributed by atoms with van der Waals surface area (Å²) in [5.41, 5.74) is -4.52. The van der Waals surface area contributed by atoms with Gasteiger partial charge in [-0.05, 0) is 43.7 Å². The molecule has 1 aromatic heterocycles. The first kappa shape index (κ1) is 33.7. The summed E-state index contributed by atoms with van der Waals surface area (Å²) in [4.78, 5) is 69.0. The Morgan fingerprint density at radius 2 is 1.82 bits per heavy atom. The molecule has 0 spiro atoms. The number of hydrogen-bond acceptors (Lipinski definition) is 8. The maximum absolute atomic E-state index is 14.3. The number of rotatable bonds is 10. The lowest BCUT2D eigenvalue weighted by molar-refractivity contribution is -0.162. The minimum absolute atomic E-state index is 0.0302. The Bertz CT molecular complexity index is 1240. The van der Waals surface area contributed by atoms with Crippen LogP contribution in [0.25, 0.3) is 6.08 Å². The van der Waals surface area contributed by atoms with Crippen LogP contribution in [0.15, 0.2) is 20.8 Å². The molecule has 0 bridgehead atoms. The third-order valence-electron chi connectivity index (χ3n) is 6.27. The number of halogens is 2. The van der Waals surface area contributed by atoms with Crippen LogP contribution in [-0.2, 0) is 24.8 Å². The molecule has 12 nitrogen and oxygen atoms in total. The quantitative estimate of drug-likeness (QED) is 0.280. The molecule has 0 aliphatic carbocycles. The monoisotopic (exact) mass is 648 g/mol. The predicted octanol–water partition coefficient (Wildman–Crippen LogP) is 2.20. The number of alkyl halides is 1. The van der Waals surface area contributed by atoms with Crippen LogP contribution in [-0.4, -0.2) is 68.2 Å². The third kappa shape index (κ3) is 7.83. The molecule has 1 aliphatic rings. The summed E-state index contributed by atoms with van der Waals surface area (Å²) in [6, 6.07) is -2.29. The van der Waals surface area contributed by atoms with Crippen LogP contribution in [0.5, 0.6) is 0 Å². The second-order valence-electron chi connectivity index (χ2n) is 11.3. The van der Waals surface area contributed by atoms with E-state index in [4.69, 9.17) is 21.1 Å². The maximum Gasteiger partial charge on any atom is 0.408 e.